The number of hydrogen-bond acceptors (Lipinski definition) is 7. The zero-order chi connectivity index (χ0) is 14.0. The van der Waals surface area contributed by atoms with Crippen LogP contribution in [0.15, 0.2) is 16.5 Å². The Morgan fingerprint density at radius 3 is 2.47 bits per heavy atom. The lowest BCUT2D eigenvalue weighted by Crippen LogP contribution is -2.00. The lowest BCUT2D eigenvalue weighted by molar-refractivity contribution is -0.385. The number of nitrogen functional groups attached to an aromatic ring is 1. The number of non-ortho nitro benzene ring substituents is 1. The lowest BCUT2D eigenvalue weighted by Gasteiger charge is -2.10. The third-order valence-electron chi connectivity index (χ3n) is 2.48. The number of ether oxygens (including phenoxy) is 1. The average molecular weight is 264 g/mol. The second-order valence-corrected chi connectivity index (χ2v) is 3.99. The first-order valence-electron chi connectivity index (χ1n) is 5.43. The maximum atomic E-state index is 10.7. The molecule has 0 unspecified atom stereocenters. The Hall–Kier alpha value is -2.64. The van der Waals surface area contributed by atoms with Crippen LogP contribution in [-0.4, -0.2) is 15.1 Å². The molecule has 1 heterocycles. The summed E-state index contributed by atoms with van der Waals surface area (Å²) in [5.74, 6) is 0.803. The van der Waals surface area contributed by atoms with Gasteiger partial charge in [0.1, 0.15) is 5.75 Å². The molecule has 0 atom stereocenters. The molecule has 19 heavy (non-hydrogen) atoms. The van der Waals surface area contributed by atoms with E-state index in [0.717, 1.165) is 0 Å². The van der Waals surface area contributed by atoms with Crippen LogP contribution >= 0.6 is 0 Å². The molecule has 0 spiro atoms. The number of nitrogens with two attached hydrogens (primary N) is 1. The number of anilines is 1. The molecule has 1 aromatic heterocycles. The number of nitro groups is 1. The first-order valence-corrected chi connectivity index (χ1v) is 5.43. The molecule has 0 aliphatic rings. The summed E-state index contributed by atoms with van der Waals surface area (Å²) >= 11 is 0. The minimum atomic E-state index is -0.442. The number of aryl methyl sites for hydroxylation is 2. The molecule has 2 N–H and O–H groups in total. The van der Waals surface area contributed by atoms with E-state index in [2.05, 4.69) is 10.2 Å². The van der Waals surface area contributed by atoms with E-state index < -0.39 is 4.92 Å². The molecule has 0 radical (unpaired) electrons. The van der Waals surface area contributed by atoms with Gasteiger partial charge < -0.3 is 14.9 Å². The van der Waals surface area contributed by atoms with Gasteiger partial charge in [-0.2, -0.15) is 0 Å². The molecule has 1 aromatic carbocycles. The Morgan fingerprint density at radius 1 is 1.37 bits per heavy atom. The Labute approximate surface area is 108 Å². The van der Waals surface area contributed by atoms with Gasteiger partial charge in [-0.1, -0.05) is 5.10 Å². The second-order valence-electron chi connectivity index (χ2n) is 3.99. The summed E-state index contributed by atoms with van der Waals surface area (Å²) in [4.78, 5) is 10.3. The van der Waals surface area contributed by atoms with Crippen molar-refractivity contribution in [1.82, 2.24) is 10.2 Å². The van der Waals surface area contributed by atoms with Crippen LogP contribution in [0.5, 0.6) is 5.75 Å². The van der Waals surface area contributed by atoms with Gasteiger partial charge in [-0.25, -0.2) is 0 Å². The standard InChI is InChI=1S/C11H12N4O4/c1-6-3-8(15(16)17)4-7(2)10(6)18-5-9-13-14-11(12)19-9/h3-4H,5H2,1-2H3,(H2,12,14). The van der Waals surface area contributed by atoms with Crippen LogP contribution in [-0.2, 0) is 6.61 Å². The molecule has 2 rings (SSSR count). The van der Waals surface area contributed by atoms with Crippen molar-refractivity contribution in [3.8, 4) is 5.75 Å². The number of nitro benzene ring substituents is 1. The quantitative estimate of drug-likeness (QED) is 0.660. The lowest BCUT2D eigenvalue weighted by atomic mass is 10.1. The molecule has 0 aliphatic heterocycles. The van der Waals surface area contributed by atoms with E-state index in [1.54, 1.807) is 13.8 Å². The molecule has 0 amide bonds. The van der Waals surface area contributed by atoms with Gasteiger partial charge in [0.15, 0.2) is 6.61 Å². The normalized spacial score (nSPS) is 10.4. The van der Waals surface area contributed by atoms with Crippen LogP contribution in [0.4, 0.5) is 11.7 Å². The summed E-state index contributed by atoms with van der Waals surface area (Å²) in [5.41, 5.74) is 6.65. The van der Waals surface area contributed by atoms with Gasteiger partial charge in [0, 0.05) is 12.1 Å². The van der Waals surface area contributed by atoms with E-state index in [-0.39, 0.29) is 24.2 Å². The fraction of sp³-hybridized carbons (Fsp3) is 0.273. The Kier molecular flexibility index (Phi) is 3.32. The molecule has 8 heteroatoms. The van der Waals surface area contributed by atoms with Crippen LogP contribution in [0, 0.1) is 24.0 Å². The topological polar surface area (TPSA) is 117 Å². The number of hydrogen-bond donors (Lipinski definition) is 1. The first-order chi connectivity index (χ1) is 8.97. The number of nitrogens with zero attached hydrogens (tertiary/aromatic N) is 3. The van der Waals surface area contributed by atoms with E-state index in [1.165, 1.54) is 12.1 Å². The van der Waals surface area contributed by atoms with Gasteiger partial charge in [0.25, 0.3) is 11.6 Å². The van der Waals surface area contributed by atoms with Gasteiger partial charge in [0.05, 0.1) is 4.92 Å². The van der Waals surface area contributed by atoms with Gasteiger partial charge in [0.2, 0.25) is 0 Å². The number of rotatable bonds is 4. The van der Waals surface area contributed by atoms with E-state index in [1.807, 2.05) is 0 Å². The van der Waals surface area contributed by atoms with Gasteiger partial charge in [-0.05, 0) is 25.0 Å². The van der Waals surface area contributed by atoms with Crippen molar-refractivity contribution in [3.63, 3.8) is 0 Å². The van der Waals surface area contributed by atoms with E-state index in [4.69, 9.17) is 14.9 Å². The number of aromatic nitrogens is 2. The van der Waals surface area contributed by atoms with Crippen molar-refractivity contribution in [2.45, 2.75) is 20.5 Å². The van der Waals surface area contributed by atoms with E-state index in [0.29, 0.717) is 16.9 Å². The minimum Gasteiger partial charge on any atom is -0.483 e. The molecule has 0 saturated heterocycles. The van der Waals surface area contributed by atoms with Gasteiger partial charge in [-0.15, -0.1) is 5.10 Å². The summed E-state index contributed by atoms with van der Waals surface area (Å²) < 4.78 is 10.5. The fourth-order valence-electron chi connectivity index (χ4n) is 1.72. The van der Waals surface area contributed by atoms with E-state index in [9.17, 15) is 10.1 Å². The highest BCUT2D eigenvalue weighted by Gasteiger charge is 2.14. The predicted molar refractivity (Wildman–Crippen MR) is 65.6 cm³/mol. The summed E-state index contributed by atoms with van der Waals surface area (Å²) in [6.07, 6.45) is 0. The Morgan fingerprint density at radius 2 is 2.00 bits per heavy atom. The highest BCUT2D eigenvalue weighted by atomic mass is 16.6. The first kappa shape index (κ1) is 12.8. The highest BCUT2D eigenvalue weighted by molar-refractivity contribution is 5.48. The maximum absolute atomic E-state index is 10.7. The largest absolute Gasteiger partial charge is 0.483 e. The van der Waals surface area contributed by atoms with Crippen molar-refractivity contribution in [2.75, 3.05) is 5.73 Å². The molecular formula is C11H12N4O4. The average Bonchev–Trinajstić information content (AvgIpc) is 2.73. The second kappa shape index (κ2) is 4.92. The fourth-order valence-corrected chi connectivity index (χ4v) is 1.72. The van der Waals surface area contributed by atoms with Crippen LogP contribution in [0.1, 0.15) is 17.0 Å². The Bertz CT molecular complexity index is 600. The summed E-state index contributed by atoms with van der Waals surface area (Å²) in [6.45, 7) is 3.53. The molecule has 0 bridgehead atoms. The summed E-state index contributed by atoms with van der Waals surface area (Å²) in [6, 6.07) is 2.87. The molecule has 8 nitrogen and oxygen atoms in total. The molecular weight excluding hydrogens is 252 g/mol. The smallest absolute Gasteiger partial charge is 0.312 e. The van der Waals surface area contributed by atoms with Gasteiger partial charge >= 0.3 is 6.01 Å². The molecule has 0 fully saturated rings. The Balaban J connectivity index is 2.18. The van der Waals surface area contributed by atoms with Crippen molar-refractivity contribution in [1.29, 1.82) is 0 Å². The third-order valence-corrected chi connectivity index (χ3v) is 2.48. The van der Waals surface area contributed by atoms with Crippen molar-refractivity contribution >= 4 is 11.7 Å². The monoisotopic (exact) mass is 264 g/mol. The number of benzene rings is 1. The van der Waals surface area contributed by atoms with Gasteiger partial charge in [-0.3, -0.25) is 10.1 Å². The third kappa shape index (κ3) is 2.79. The predicted octanol–water partition coefficient (Wildman–Crippen LogP) is 1.76. The van der Waals surface area contributed by atoms with Crippen LogP contribution in [0.2, 0.25) is 0 Å². The molecule has 100 valence electrons. The van der Waals surface area contributed by atoms with Crippen LogP contribution < -0.4 is 10.5 Å². The summed E-state index contributed by atoms with van der Waals surface area (Å²) in [7, 11) is 0. The summed E-state index contributed by atoms with van der Waals surface area (Å²) in [5, 5.41) is 17.9. The van der Waals surface area contributed by atoms with E-state index >= 15 is 0 Å². The maximum Gasteiger partial charge on any atom is 0.312 e. The highest BCUT2D eigenvalue weighted by Crippen LogP contribution is 2.28. The SMILES string of the molecule is Cc1cc([N+](=O)[O-])cc(C)c1OCc1nnc(N)o1. The molecule has 0 aliphatic carbocycles. The van der Waals surface area contributed by atoms with Crippen LogP contribution in [0.25, 0.3) is 0 Å². The van der Waals surface area contributed by atoms with Crippen molar-refractivity contribution < 1.29 is 14.1 Å². The zero-order valence-electron chi connectivity index (χ0n) is 10.4. The molecule has 0 saturated carbocycles. The van der Waals surface area contributed by atoms with Crippen molar-refractivity contribution in [2.24, 2.45) is 0 Å². The van der Waals surface area contributed by atoms with Crippen molar-refractivity contribution in [3.05, 3.63) is 39.3 Å². The van der Waals surface area contributed by atoms with Crippen LogP contribution in [0.3, 0.4) is 0 Å². The molecule has 2 aromatic rings. The minimum absolute atomic E-state index is 0.0317. The zero-order valence-corrected chi connectivity index (χ0v) is 10.4.